The van der Waals surface area contributed by atoms with Crippen molar-refractivity contribution < 1.29 is 19.4 Å². The van der Waals surface area contributed by atoms with Crippen LogP contribution in [0.4, 0.5) is 5.69 Å². The van der Waals surface area contributed by atoms with Crippen LogP contribution in [0.15, 0.2) is 48.5 Å². The Labute approximate surface area is 190 Å². The number of carbonyl (C=O) groups excluding carboxylic acids is 1. The van der Waals surface area contributed by atoms with Crippen LogP contribution in [0.25, 0.3) is 6.08 Å². The van der Waals surface area contributed by atoms with Crippen LogP contribution < -0.4 is 10.1 Å². The number of carbonyl (C=O) groups is 2. The Balaban J connectivity index is 1.50. The highest BCUT2D eigenvalue weighted by Gasteiger charge is 2.25. The standard InChI is InChI=1S/C27H33NO4/c1-20-19-21(12-14-25(29)28-23-10-5-4-9-22(23)26(30)31)11-13-24(20)32-18-8-17-27(2)15-6-3-7-16-27/h4-5,9-14,19H,3,6-8,15-18H2,1-2H3,(H,28,29)(H,30,31)/b14-12+. The summed E-state index contributed by atoms with van der Waals surface area (Å²) in [4.78, 5) is 23.5. The summed E-state index contributed by atoms with van der Waals surface area (Å²) in [7, 11) is 0. The van der Waals surface area contributed by atoms with E-state index < -0.39 is 5.97 Å². The first-order valence-corrected chi connectivity index (χ1v) is 11.4. The van der Waals surface area contributed by atoms with E-state index in [4.69, 9.17) is 4.74 Å². The topological polar surface area (TPSA) is 75.6 Å². The molecule has 3 rings (SSSR count). The molecule has 0 aliphatic heterocycles. The fourth-order valence-corrected chi connectivity index (χ4v) is 4.40. The highest BCUT2D eigenvalue weighted by atomic mass is 16.5. The van der Waals surface area contributed by atoms with E-state index in [2.05, 4.69) is 12.2 Å². The molecule has 0 aromatic heterocycles. The van der Waals surface area contributed by atoms with Gasteiger partial charge in [-0.25, -0.2) is 4.79 Å². The molecule has 0 atom stereocenters. The first-order chi connectivity index (χ1) is 15.4. The predicted molar refractivity (Wildman–Crippen MR) is 128 cm³/mol. The average Bonchev–Trinajstić information content (AvgIpc) is 2.77. The zero-order chi connectivity index (χ0) is 23.0. The van der Waals surface area contributed by atoms with E-state index in [0.29, 0.717) is 5.41 Å². The number of amides is 1. The van der Waals surface area contributed by atoms with Gasteiger partial charge in [0.15, 0.2) is 0 Å². The third kappa shape index (κ3) is 6.71. The van der Waals surface area contributed by atoms with Crippen molar-refractivity contribution >= 4 is 23.6 Å². The molecule has 1 fully saturated rings. The van der Waals surface area contributed by atoms with Crippen LogP contribution in [0.5, 0.6) is 5.75 Å². The van der Waals surface area contributed by atoms with Crippen LogP contribution in [0, 0.1) is 12.3 Å². The zero-order valence-electron chi connectivity index (χ0n) is 19.0. The number of anilines is 1. The lowest BCUT2D eigenvalue weighted by molar-refractivity contribution is -0.111. The molecule has 1 aliphatic rings. The van der Waals surface area contributed by atoms with E-state index in [0.717, 1.165) is 29.9 Å². The molecular formula is C27H33NO4. The van der Waals surface area contributed by atoms with Gasteiger partial charge in [0, 0.05) is 6.08 Å². The quantitative estimate of drug-likeness (QED) is 0.349. The molecule has 1 amide bonds. The maximum Gasteiger partial charge on any atom is 0.337 e. The lowest BCUT2D eigenvalue weighted by Gasteiger charge is -2.33. The molecule has 170 valence electrons. The van der Waals surface area contributed by atoms with E-state index in [1.807, 2.05) is 25.1 Å². The van der Waals surface area contributed by atoms with Gasteiger partial charge in [0.05, 0.1) is 17.9 Å². The van der Waals surface area contributed by atoms with Gasteiger partial charge in [-0.15, -0.1) is 0 Å². The number of para-hydroxylation sites is 1. The molecule has 5 heteroatoms. The first kappa shape index (κ1) is 23.6. The fraction of sp³-hybridized carbons (Fsp3) is 0.407. The fourth-order valence-electron chi connectivity index (χ4n) is 4.40. The van der Waals surface area contributed by atoms with Crippen molar-refractivity contribution in [2.75, 3.05) is 11.9 Å². The number of ether oxygens (including phenoxy) is 1. The first-order valence-electron chi connectivity index (χ1n) is 11.4. The molecule has 0 radical (unpaired) electrons. The van der Waals surface area contributed by atoms with Crippen molar-refractivity contribution in [1.29, 1.82) is 0 Å². The van der Waals surface area contributed by atoms with Crippen LogP contribution in [-0.4, -0.2) is 23.6 Å². The van der Waals surface area contributed by atoms with E-state index >= 15 is 0 Å². The van der Waals surface area contributed by atoms with Gasteiger partial charge < -0.3 is 15.2 Å². The number of aromatic carboxylic acids is 1. The van der Waals surface area contributed by atoms with Crippen molar-refractivity contribution in [3.8, 4) is 5.75 Å². The van der Waals surface area contributed by atoms with Crippen LogP contribution in [0.2, 0.25) is 0 Å². The maximum atomic E-state index is 12.2. The molecule has 0 spiro atoms. The van der Waals surface area contributed by atoms with Crippen LogP contribution in [0.1, 0.15) is 73.4 Å². The van der Waals surface area contributed by atoms with Gasteiger partial charge in [-0.3, -0.25) is 4.79 Å². The molecule has 2 N–H and O–H groups in total. The van der Waals surface area contributed by atoms with E-state index in [9.17, 15) is 14.7 Å². The summed E-state index contributed by atoms with van der Waals surface area (Å²) >= 11 is 0. The zero-order valence-corrected chi connectivity index (χ0v) is 19.0. The molecule has 5 nitrogen and oxygen atoms in total. The Hall–Kier alpha value is -3.08. The molecule has 2 aromatic rings. The summed E-state index contributed by atoms with van der Waals surface area (Å²) in [5.41, 5.74) is 2.72. The molecule has 0 saturated heterocycles. The molecule has 1 aliphatic carbocycles. The number of hydrogen-bond donors (Lipinski definition) is 2. The number of rotatable bonds is 9. The van der Waals surface area contributed by atoms with E-state index in [1.54, 1.807) is 24.3 Å². The smallest absolute Gasteiger partial charge is 0.337 e. The number of carboxylic acids is 1. The summed E-state index contributed by atoms with van der Waals surface area (Å²) < 4.78 is 6.01. The Morgan fingerprint density at radius 3 is 2.59 bits per heavy atom. The predicted octanol–water partition coefficient (Wildman–Crippen LogP) is 6.47. The minimum Gasteiger partial charge on any atom is -0.493 e. The second-order valence-electron chi connectivity index (χ2n) is 9.02. The van der Waals surface area contributed by atoms with E-state index in [1.165, 1.54) is 50.7 Å². The monoisotopic (exact) mass is 435 g/mol. The molecule has 0 bridgehead atoms. The third-order valence-electron chi connectivity index (χ3n) is 6.28. The van der Waals surface area contributed by atoms with Gasteiger partial charge in [-0.1, -0.05) is 44.4 Å². The SMILES string of the molecule is Cc1cc(/C=C/C(=O)Nc2ccccc2C(=O)O)ccc1OCCCC1(C)CCCCC1. The molecule has 0 unspecified atom stereocenters. The lowest BCUT2D eigenvalue weighted by Crippen LogP contribution is -2.20. The van der Waals surface area contributed by atoms with Gasteiger partial charge in [0.1, 0.15) is 5.75 Å². The van der Waals surface area contributed by atoms with Gasteiger partial charge in [-0.05, 0) is 79.5 Å². The van der Waals surface area contributed by atoms with E-state index in [-0.39, 0.29) is 17.2 Å². The minimum absolute atomic E-state index is 0.0593. The van der Waals surface area contributed by atoms with Crippen LogP contribution >= 0.6 is 0 Å². The number of nitrogens with one attached hydrogen (secondary N) is 1. The highest BCUT2D eigenvalue weighted by molar-refractivity contribution is 6.06. The summed E-state index contributed by atoms with van der Waals surface area (Å²) in [5, 5.41) is 11.8. The number of carboxylic acid groups (broad SMARTS) is 1. The molecule has 2 aromatic carbocycles. The summed E-state index contributed by atoms with van der Waals surface area (Å²) in [6.07, 6.45) is 12.2. The summed E-state index contributed by atoms with van der Waals surface area (Å²) in [6.45, 7) is 5.13. The van der Waals surface area contributed by atoms with Crippen molar-refractivity contribution in [3.63, 3.8) is 0 Å². The van der Waals surface area contributed by atoms with Gasteiger partial charge in [0.2, 0.25) is 5.91 Å². The number of benzene rings is 2. The average molecular weight is 436 g/mol. The van der Waals surface area contributed by atoms with Gasteiger partial charge in [0.25, 0.3) is 0 Å². The summed E-state index contributed by atoms with van der Waals surface area (Å²) in [6, 6.07) is 12.2. The Morgan fingerprint density at radius 1 is 1.12 bits per heavy atom. The van der Waals surface area contributed by atoms with Crippen molar-refractivity contribution in [2.24, 2.45) is 5.41 Å². The molecular weight excluding hydrogens is 402 g/mol. The second-order valence-corrected chi connectivity index (χ2v) is 9.02. The maximum absolute atomic E-state index is 12.2. The van der Waals surface area contributed by atoms with Crippen LogP contribution in [-0.2, 0) is 4.79 Å². The number of aryl methyl sites for hydroxylation is 1. The molecule has 1 saturated carbocycles. The van der Waals surface area contributed by atoms with Crippen molar-refractivity contribution in [1.82, 2.24) is 0 Å². The van der Waals surface area contributed by atoms with Gasteiger partial charge >= 0.3 is 5.97 Å². The third-order valence-corrected chi connectivity index (χ3v) is 6.28. The van der Waals surface area contributed by atoms with Crippen LogP contribution in [0.3, 0.4) is 0 Å². The normalized spacial score (nSPS) is 15.4. The van der Waals surface area contributed by atoms with Gasteiger partial charge in [-0.2, -0.15) is 0 Å². The largest absolute Gasteiger partial charge is 0.493 e. The summed E-state index contributed by atoms with van der Waals surface area (Å²) in [5.74, 6) is -0.590. The lowest BCUT2D eigenvalue weighted by atomic mass is 9.73. The molecule has 32 heavy (non-hydrogen) atoms. The number of hydrogen-bond acceptors (Lipinski definition) is 3. The van der Waals surface area contributed by atoms with Crippen molar-refractivity contribution in [2.45, 2.75) is 58.8 Å². The Kier molecular flexibility index (Phi) is 8.09. The Bertz CT molecular complexity index is 973. The highest BCUT2D eigenvalue weighted by Crippen LogP contribution is 2.39. The van der Waals surface area contributed by atoms with Crippen molar-refractivity contribution in [3.05, 3.63) is 65.2 Å². The second kappa shape index (κ2) is 11.0. The Morgan fingerprint density at radius 2 is 1.88 bits per heavy atom. The minimum atomic E-state index is -1.08. The molecule has 0 heterocycles.